The zero-order valence-electron chi connectivity index (χ0n) is 18.6. The van der Waals surface area contributed by atoms with Gasteiger partial charge in [0.1, 0.15) is 5.75 Å². The lowest BCUT2D eigenvalue weighted by Crippen LogP contribution is -2.19. The van der Waals surface area contributed by atoms with Gasteiger partial charge in [-0.1, -0.05) is 83.6 Å². The first-order chi connectivity index (χ1) is 14.4. The van der Waals surface area contributed by atoms with Crippen molar-refractivity contribution in [3.8, 4) is 5.75 Å². The highest BCUT2D eigenvalue weighted by molar-refractivity contribution is 5.37. The maximum Gasteiger partial charge on any atom is 0.573 e. The molecule has 30 heavy (non-hydrogen) atoms. The normalized spacial score (nSPS) is 24.5. The van der Waals surface area contributed by atoms with Gasteiger partial charge < -0.3 is 4.74 Å². The van der Waals surface area contributed by atoms with Gasteiger partial charge in [0.15, 0.2) is 0 Å². The molecule has 2 aliphatic carbocycles. The SMILES string of the molecule is CCCCCCCC1CCC(CCC2CCc3cc(OC(F)(F)F)ccc3C2)CC1. The van der Waals surface area contributed by atoms with E-state index < -0.39 is 6.36 Å². The van der Waals surface area contributed by atoms with E-state index in [1.165, 1.54) is 88.7 Å². The average Bonchev–Trinajstić information content (AvgIpc) is 2.72. The predicted octanol–water partition coefficient (Wildman–Crippen LogP) is 8.64. The van der Waals surface area contributed by atoms with Crippen molar-refractivity contribution in [2.75, 3.05) is 0 Å². The van der Waals surface area contributed by atoms with Gasteiger partial charge in [-0.2, -0.15) is 0 Å². The summed E-state index contributed by atoms with van der Waals surface area (Å²) in [5.74, 6) is 2.47. The molecule has 0 aromatic heterocycles. The van der Waals surface area contributed by atoms with E-state index in [-0.39, 0.29) is 5.75 Å². The molecule has 1 aromatic rings. The summed E-state index contributed by atoms with van der Waals surface area (Å²) in [6.07, 6.45) is 15.0. The Labute approximate surface area is 180 Å². The molecule has 0 spiro atoms. The molecular weight excluding hydrogens is 385 g/mol. The van der Waals surface area contributed by atoms with Gasteiger partial charge >= 0.3 is 6.36 Å². The van der Waals surface area contributed by atoms with Crippen molar-refractivity contribution in [2.24, 2.45) is 17.8 Å². The fourth-order valence-corrected chi connectivity index (χ4v) is 5.57. The minimum Gasteiger partial charge on any atom is -0.406 e. The van der Waals surface area contributed by atoms with Crippen LogP contribution in [0.15, 0.2) is 18.2 Å². The summed E-state index contributed by atoms with van der Waals surface area (Å²) in [6.45, 7) is 2.27. The second kappa shape index (κ2) is 11.4. The first kappa shape index (κ1) is 23.5. The molecule has 0 bridgehead atoms. The van der Waals surface area contributed by atoms with Crippen LogP contribution >= 0.6 is 0 Å². The summed E-state index contributed by atoms with van der Waals surface area (Å²) >= 11 is 0. The van der Waals surface area contributed by atoms with Gasteiger partial charge in [0, 0.05) is 0 Å². The minimum atomic E-state index is -4.61. The molecule has 1 fully saturated rings. The second-order valence-electron chi connectivity index (χ2n) is 9.75. The van der Waals surface area contributed by atoms with Gasteiger partial charge in [0.25, 0.3) is 0 Å². The predicted molar refractivity (Wildman–Crippen MR) is 117 cm³/mol. The van der Waals surface area contributed by atoms with Crippen molar-refractivity contribution in [1.29, 1.82) is 0 Å². The van der Waals surface area contributed by atoms with Gasteiger partial charge in [-0.3, -0.25) is 0 Å². The van der Waals surface area contributed by atoms with Crippen molar-refractivity contribution in [3.05, 3.63) is 29.3 Å². The molecule has 0 radical (unpaired) electrons. The third-order valence-electron chi connectivity index (χ3n) is 7.41. The monoisotopic (exact) mass is 424 g/mol. The molecule has 1 nitrogen and oxygen atoms in total. The zero-order valence-corrected chi connectivity index (χ0v) is 18.6. The van der Waals surface area contributed by atoms with E-state index in [9.17, 15) is 13.2 Å². The molecule has 0 saturated heterocycles. The molecule has 4 heteroatoms. The van der Waals surface area contributed by atoms with Crippen LogP contribution in [0.1, 0.15) is 102 Å². The van der Waals surface area contributed by atoms with Crippen LogP contribution in [0.25, 0.3) is 0 Å². The summed E-state index contributed by atoms with van der Waals surface area (Å²) in [5, 5.41) is 0. The van der Waals surface area contributed by atoms with Crippen molar-refractivity contribution >= 4 is 0 Å². The molecule has 170 valence electrons. The first-order valence-corrected chi connectivity index (χ1v) is 12.3. The fourth-order valence-electron chi connectivity index (χ4n) is 5.57. The Morgan fingerprint density at radius 2 is 1.47 bits per heavy atom. The Kier molecular flexibility index (Phi) is 8.95. The molecule has 0 amide bonds. The summed E-state index contributed by atoms with van der Waals surface area (Å²) in [5.41, 5.74) is 2.25. The number of halogens is 3. The molecule has 1 aromatic carbocycles. The van der Waals surface area contributed by atoms with Gasteiger partial charge in [0.2, 0.25) is 0 Å². The average molecular weight is 425 g/mol. The van der Waals surface area contributed by atoms with Gasteiger partial charge in [-0.05, 0) is 66.7 Å². The number of benzene rings is 1. The molecule has 3 rings (SSSR count). The molecule has 1 saturated carbocycles. The summed E-state index contributed by atoms with van der Waals surface area (Å²) < 4.78 is 41.3. The molecule has 1 unspecified atom stereocenters. The molecule has 0 heterocycles. The fraction of sp³-hybridized carbons (Fsp3) is 0.769. The topological polar surface area (TPSA) is 9.23 Å². The van der Waals surface area contributed by atoms with Crippen LogP contribution in [0.5, 0.6) is 5.75 Å². The lowest BCUT2D eigenvalue weighted by atomic mass is 9.75. The number of unbranched alkanes of at least 4 members (excludes halogenated alkanes) is 4. The van der Waals surface area contributed by atoms with Crippen LogP contribution in [0.3, 0.4) is 0 Å². The minimum absolute atomic E-state index is 0.0816. The Hall–Kier alpha value is -1.19. The highest BCUT2D eigenvalue weighted by atomic mass is 19.4. The second-order valence-corrected chi connectivity index (χ2v) is 9.75. The van der Waals surface area contributed by atoms with Crippen LogP contribution in [0.2, 0.25) is 0 Å². The number of fused-ring (bicyclic) bond motifs is 1. The van der Waals surface area contributed by atoms with Crippen LogP contribution in [0.4, 0.5) is 13.2 Å². The van der Waals surface area contributed by atoms with Crippen LogP contribution < -0.4 is 4.74 Å². The maximum atomic E-state index is 12.4. The number of ether oxygens (including phenoxy) is 1. The van der Waals surface area contributed by atoms with Crippen LogP contribution in [-0.2, 0) is 12.8 Å². The summed E-state index contributed by atoms with van der Waals surface area (Å²) in [6, 6.07) is 4.90. The molecule has 0 aliphatic heterocycles. The van der Waals surface area contributed by atoms with Crippen molar-refractivity contribution in [2.45, 2.75) is 110 Å². The Balaban J connectivity index is 1.34. The standard InChI is InChI=1S/C26H39F3O/c1-2-3-4-5-6-7-20-8-10-21(11-9-20)12-13-22-14-15-24-19-25(30-26(27,28)29)17-16-23(24)18-22/h16-17,19-22H,2-15,18H2,1H3. The number of hydrogen-bond donors (Lipinski definition) is 0. The van der Waals surface area contributed by atoms with E-state index in [1.807, 2.05) is 6.07 Å². The van der Waals surface area contributed by atoms with Crippen LogP contribution in [-0.4, -0.2) is 6.36 Å². The Morgan fingerprint density at radius 1 is 0.800 bits per heavy atom. The molecule has 0 N–H and O–H groups in total. The van der Waals surface area contributed by atoms with E-state index in [1.54, 1.807) is 6.07 Å². The lowest BCUT2D eigenvalue weighted by molar-refractivity contribution is -0.274. The third-order valence-corrected chi connectivity index (χ3v) is 7.41. The highest BCUT2D eigenvalue weighted by Crippen LogP contribution is 2.37. The third kappa shape index (κ3) is 7.81. The van der Waals surface area contributed by atoms with Crippen molar-refractivity contribution in [1.82, 2.24) is 0 Å². The molecule has 1 atom stereocenters. The summed E-state index contributed by atoms with van der Waals surface area (Å²) in [4.78, 5) is 0. The Morgan fingerprint density at radius 3 is 2.17 bits per heavy atom. The smallest absolute Gasteiger partial charge is 0.406 e. The van der Waals surface area contributed by atoms with E-state index in [0.29, 0.717) is 5.92 Å². The Bertz CT molecular complexity index is 632. The van der Waals surface area contributed by atoms with E-state index >= 15 is 0 Å². The summed E-state index contributed by atoms with van der Waals surface area (Å²) in [7, 11) is 0. The van der Waals surface area contributed by atoms with Gasteiger partial charge in [0.05, 0.1) is 0 Å². The first-order valence-electron chi connectivity index (χ1n) is 12.3. The number of hydrogen-bond acceptors (Lipinski definition) is 1. The van der Waals surface area contributed by atoms with E-state index in [0.717, 1.165) is 36.7 Å². The van der Waals surface area contributed by atoms with Gasteiger partial charge in [-0.25, -0.2) is 0 Å². The van der Waals surface area contributed by atoms with Crippen LogP contribution in [0, 0.1) is 17.8 Å². The molecular formula is C26H39F3O. The van der Waals surface area contributed by atoms with Crippen molar-refractivity contribution < 1.29 is 17.9 Å². The zero-order chi connectivity index (χ0) is 21.4. The largest absolute Gasteiger partial charge is 0.573 e. The number of alkyl halides is 3. The highest BCUT2D eigenvalue weighted by Gasteiger charge is 2.31. The van der Waals surface area contributed by atoms with E-state index in [2.05, 4.69) is 11.7 Å². The maximum absolute atomic E-state index is 12.4. The van der Waals surface area contributed by atoms with E-state index in [4.69, 9.17) is 0 Å². The number of rotatable bonds is 10. The van der Waals surface area contributed by atoms with Crippen molar-refractivity contribution in [3.63, 3.8) is 0 Å². The quantitative estimate of drug-likeness (QED) is 0.342. The van der Waals surface area contributed by atoms with Gasteiger partial charge in [-0.15, -0.1) is 13.2 Å². The lowest BCUT2D eigenvalue weighted by Gasteiger charge is -2.31. The molecule has 2 aliphatic rings. The number of aryl methyl sites for hydroxylation is 1.